The molecule has 2 aromatic rings. The zero-order valence-electron chi connectivity index (χ0n) is 11.3. The standard InChI is InChI=1S/C15H12BrClF2O2/c1-20-13-4-3-8(5-14(13)21-2)15(16)9-6-11(18)12(19)7-10(9)17/h3-7,15H,1-2H3. The summed E-state index contributed by atoms with van der Waals surface area (Å²) in [7, 11) is 3.06. The van der Waals surface area contributed by atoms with Crippen LogP contribution in [0, 0.1) is 11.6 Å². The Kier molecular flexibility index (Phi) is 5.06. The van der Waals surface area contributed by atoms with Crippen LogP contribution in [0.25, 0.3) is 0 Å². The lowest BCUT2D eigenvalue weighted by molar-refractivity contribution is 0.354. The van der Waals surface area contributed by atoms with Crippen molar-refractivity contribution in [3.8, 4) is 11.5 Å². The van der Waals surface area contributed by atoms with Crippen molar-refractivity contribution in [3.63, 3.8) is 0 Å². The first-order chi connectivity index (χ1) is 9.97. The highest BCUT2D eigenvalue weighted by Crippen LogP contribution is 2.39. The Morgan fingerprint density at radius 1 is 1.00 bits per heavy atom. The van der Waals surface area contributed by atoms with Crippen LogP contribution >= 0.6 is 27.5 Å². The summed E-state index contributed by atoms with van der Waals surface area (Å²) in [5.74, 6) is -0.800. The summed E-state index contributed by atoms with van der Waals surface area (Å²) >= 11 is 9.43. The third-order valence-corrected chi connectivity index (χ3v) is 4.36. The van der Waals surface area contributed by atoms with Crippen molar-refractivity contribution >= 4 is 27.5 Å². The normalized spacial score (nSPS) is 12.1. The minimum absolute atomic E-state index is 0.144. The van der Waals surface area contributed by atoms with Gasteiger partial charge in [0.2, 0.25) is 0 Å². The van der Waals surface area contributed by atoms with Crippen molar-refractivity contribution < 1.29 is 18.3 Å². The number of rotatable bonds is 4. The van der Waals surface area contributed by atoms with Crippen molar-refractivity contribution in [2.75, 3.05) is 14.2 Å². The second kappa shape index (κ2) is 6.62. The molecule has 0 saturated heterocycles. The molecule has 0 amide bonds. The first-order valence-corrected chi connectivity index (χ1v) is 7.27. The molecule has 0 aliphatic carbocycles. The number of halogens is 4. The molecule has 0 spiro atoms. The lowest BCUT2D eigenvalue weighted by Gasteiger charge is -2.15. The monoisotopic (exact) mass is 376 g/mol. The van der Waals surface area contributed by atoms with Crippen LogP contribution < -0.4 is 9.47 Å². The number of alkyl halides is 1. The number of hydrogen-bond donors (Lipinski definition) is 0. The zero-order chi connectivity index (χ0) is 15.6. The largest absolute Gasteiger partial charge is 0.493 e. The topological polar surface area (TPSA) is 18.5 Å². The van der Waals surface area contributed by atoms with E-state index in [9.17, 15) is 8.78 Å². The Morgan fingerprint density at radius 3 is 2.24 bits per heavy atom. The molecule has 0 heterocycles. The summed E-state index contributed by atoms with van der Waals surface area (Å²) < 4.78 is 36.9. The minimum atomic E-state index is -0.976. The van der Waals surface area contributed by atoms with Crippen LogP contribution in [-0.4, -0.2) is 14.2 Å². The maximum Gasteiger partial charge on any atom is 0.161 e. The summed E-state index contributed by atoms with van der Waals surface area (Å²) in [5, 5.41) is 0.144. The molecule has 112 valence electrons. The van der Waals surface area contributed by atoms with Crippen molar-refractivity contribution in [3.05, 3.63) is 58.1 Å². The second-order valence-electron chi connectivity index (χ2n) is 4.26. The van der Waals surface area contributed by atoms with E-state index >= 15 is 0 Å². The first-order valence-electron chi connectivity index (χ1n) is 5.98. The van der Waals surface area contributed by atoms with Gasteiger partial charge in [-0.15, -0.1) is 0 Å². The van der Waals surface area contributed by atoms with Gasteiger partial charge in [0.1, 0.15) is 0 Å². The van der Waals surface area contributed by atoms with Gasteiger partial charge in [-0.1, -0.05) is 33.6 Å². The van der Waals surface area contributed by atoms with Gasteiger partial charge < -0.3 is 9.47 Å². The van der Waals surface area contributed by atoms with Gasteiger partial charge in [0, 0.05) is 5.02 Å². The SMILES string of the molecule is COc1ccc(C(Br)c2cc(F)c(F)cc2Cl)cc1OC. The highest BCUT2D eigenvalue weighted by Gasteiger charge is 2.18. The number of benzene rings is 2. The van der Waals surface area contributed by atoms with E-state index in [0.717, 1.165) is 17.7 Å². The second-order valence-corrected chi connectivity index (χ2v) is 5.59. The lowest BCUT2D eigenvalue weighted by atomic mass is 10.0. The molecule has 1 unspecified atom stereocenters. The molecule has 0 radical (unpaired) electrons. The van der Waals surface area contributed by atoms with Crippen molar-refractivity contribution in [1.82, 2.24) is 0 Å². The molecule has 0 aromatic heterocycles. The van der Waals surface area contributed by atoms with Gasteiger partial charge in [0.15, 0.2) is 23.1 Å². The fourth-order valence-electron chi connectivity index (χ4n) is 1.92. The van der Waals surface area contributed by atoms with E-state index in [1.54, 1.807) is 18.2 Å². The van der Waals surface area contributed by atoms with Crippen LogP contribution in [0.1, 0.15) is 16.0 Å². The smallest absolute Gasteiger partial charge is 0.161 e. The zero-order valence-corrected chi connectivity index (χ0v) is 13.6. The van der Waals surface area contributed by atoms with E-state index in [1.807, 2.05) is 0 Å². The molecule has 1 atom stereocenters. The van der Waals surface area contributed by atoms with Gasteiger partial charge in [-0.2, -0.15) is 0 Å². The predicted octanol–water partition coefficient (Wildman–Crippen LogP) is 5.12. The summed E-state index contributed by atoms with van der Waals surface area (Å²) in [6.45, 7) is 0. The first kappa shape index (κ1) is 16.0. The molecule has 0 bridgehead atoms. The quantitative estimate of drug-likeness (QED) is 0.544. The van der Waals surface area contributed by atoms with E-state index in [4.69, 9.17) is 21.1 Å². The van der Waals surface area contributed by atoms with Crippen LogP contribution in [0.2, 0.25) is 5.02 Å². The summed E-state index contributed by atoms with van der Waals surface area (Å²) in [4.78, 5) is -0.403. The molecule has 0 aliphatic rings. The van der Waals surface area contributed by atoms with Crippen LogP contribution in [0.4, 0.5) is 8.78 Å². The van der Waals surface area contributed by atoms with Crippen molar-refractivity contribution in [2.24, 2.45) is 0 Å². The Morgan fingerprint density at radius 2 is 1.62 bits per heavy atom. The molecule has 2 rings (SSSR count). The molecule has 0 fully saturated rings. The summed E-state index contributed by atoms with van der Waals surface area (Å²) in [6.07, 6.45) is 0. The van der Waals surface area contributed by atoms with Crippen LogP contribution in [0.5, 0.6) is 11.5 Å². The molecule has 6 heteroatoms. The van der Waals surface area contributed by atoms with E-state index < -0.39 is 16.5 Å². The average Bonchev–Trinajstić information content (AvgIpc) is 2.49. The van der Waals surface area contributed by atoms with E-state index in [-0.39, 0.29) is 5.02 Å². The van der Waals surface area contributed by atoms with Gasteiger partial charge >= 0.3 is 0 Å². The highest BCUT2D eigenvalue weighted by molar-refractivity contribution is 9.09. The molecule has 0 aliphatic heterocycles. The number of hydrogen-bond acceptors (Lipinski definition) is 2. The van der Waals surface area contributed by atoms with E-state index in [1.165, 1.54) is 14.2 Å². The third kappa shape index (κ3) is 3.30. The Hall–Kier alpha value is -1.33. The van der Waals surface area contributed by atoms with Gasteiger partial charge in [0.25, 0.3) is 0 Å². The van der Waals surface area contributed by atoms with Crippen LogP contribution in [0.3, 0.4) is 0 Å². The summed E-state index contributed by atoms with van der Waals surface area (Å²) in [6, 6.07) is 7.31. The van der Waals surface area contributed by atoms with E-state index in [0.29, 0.717) is 17.1 Å². The predicted molar refractivity (Wildman–Crippen MR) is 81.7 cm³/mol. The maximum atomic E-state index is 13.4. The third-order valence-electron chi connectivity index (χ3n) is 3.01. The molecular weight excluding hydrogens is 366 g/mol. The average molecular weight is 378 g/mol. The number of methoxy groups -OCH3 is 2. The van der Waals surface area contributed by atoms with Gasteiger partial charge in [-0.05, 0) is 35.4 Å². The Balaban J connectivity index is 2.45. The van der Waals surface area contributed by atoms with Gasteiger partial charge in [0.05, 0.1) is 19.0 Å². The minimum Gasteiger partial charge on any atom is -0.493 e. The molecule has 21 heavy (non-hydrogen) atoms. The summed E-state index contributed by atoms with van der Waals surface area (Å²) in [5.41, 5.74) is 1.21. The van der Waals surface area contributed by atoms with E-state index in [2.05, 4.69) is 15.9 Å². The Bertz CT molecular complexity index is 664. The van der Waals surface area contributed by atoms with Gasteiger partial charge in [-0.3, -0.25) is 0 Å². The van der Waals surface area contributed by atoms with Crippen LogP contribution in [0.15, 0.2) is 30.3 Å². The fourth-order valence-corrected chi connectivity index (χ4v) is 2.98. The van der Waals surface area contributed by atoms with Crippen molar-refractivity contribution in [1.29, 1.82) is 0 Å². The highest BCUT2D eigenvalue weighted by atomic mass is 79.9. The Labute approximate surface area is 134 Å². The van der Waals surface area contributed by atoms with Gasteiger partial charge in [-0.25, -0.2) is 8.78 Å². The fraction of sp³-hybridized carbons (Fsp3) is 0.200. The number of ether oxygens (including phenoxy) is 2. The molecule has 0 N–H and O–H groups in total. The maximum absolute atomic E-state index is 13.4. The molecule has 2 nitrogen and oxygen atoms in total. The molecular formula is C15H12BrClF2O2. The van der Waals surface area contributed by atoms with Crippen molar-refractivity contribution in [2.45, 2.75) is 4.83 Å². The molecule has 2 aromatic carbocycles. The van der Waals surface area contributed by atoms with Crippen LogP contribution in [-0.2, 0) is 0 Å². The molecule has 0 saturated carbocycles. The lowest BCUT2D eigenvalue weighted by Crippen LogP contribution is -1.99.